The number of thiocarbonyl (C=S) groups is 1. The zero-order chi connectivity index (χ0) is 22.8. The number of anilines is 2. The van der Waals surface area contributed by atoms with E-state index in [-0.39, 0.29) is 10.9 Å². The quantitative estimate of drug-likeness (QED) is 0.449. The molecule has 0 aliphatic carbocycles. The van der Waals surface area contributed by atoms with Crippen LogP contribution in [0.5, 0.6) is 5.75 Å². The minimum atomic E-state index is -4.76. The third kappa shape index (κ3) is 6.55. The maximum absolute atomic E-state index is 12.8. The first-order valence-electron chi connectivity index (χ1n) is 9.31. The molecule has 0 saturated carbocycles. The summed E-state index contributed by atoms with van der Waals surface area (Å²) in [4.78, 5) is 13.8. The van der Waals surface area contributed by atoms with E-state index >= 15 is 0 Å². The Bertz CT molecular complexity index is 967. The van der Waals surface area contributed by atoms with Gasteiger partial charge in [0.2, 0.25) is 0 Å². The predicted molar refractivity (Wildman–Crippen MR) is 116 cm³/mol. The molecule has 6 nitrogen and oxygen atoms in total. The highest BCUT2D eigenvalue weighted by atomic mass is 32.1. The summed E-state index contributed by atoms with van der Waals surface area (Å²) in [6, 6.07) is 5.14. The molecule has 0 fully saturated rings. The van der Waals surface area contributed by atoms with Gasteiger partial charge < -0.3 is 24.8 Å². The SMILES string of the molecule is CC(C)(C)OC(=O)c1c(NC(=S)Nc2ccc(OC(F)(F)F)cc2)sc2c1CCOC2. The van der Waals surface area contributed by atoms with Crippen LogP contribution in [0.25, 0.3) is 0 Å². The van der Waals surface area contributed by atoms with Gasteiger partial charge >= 0.3 is 12.3 Å². The first-order chi connectivity index (χ1) is 14.4. The topological polar surface area (TPSA) is 68.8 Å². The standard InChI is InChI=1S/C20H21F3N2O4S2/c1-19(2,3)29-17(26)15-13-8-9-27-10-14(13)31-16(15)25-18(30)24-11-4-6-12(7-5-11)28-20(21,22)23/h4-7H,8-10H2,1-3H3,(H2,24,25,30). The number of nitrogens with one attached hydrogen (secondary N) is 2. The molecule has 168 valence electrons. The Balaban J connectivity index is 1.75. The van der Waals surface area contributed by atoms with Crippen LogP contribution in [0.3, 0.4) is 0 Å². The second-order valence-electron chi connectivity index (χ2n) is 7.66. The minimum absolute atomic E-state index is 0.175. The van der Waals surface area contributed by atoms with Crippen LogP contribution < -0.4 is 15.4 Å². The summed E-state index contributed by atoms with van der Waals surface area (Å²) in [7, 11) is 0. The van der Waals surface area contributed by atoms with Crippen LogP contribution >= 0.6 is 23.6 Å². The molecule has 11 heteroatoms. The fraction of sp³-hybridized carbons (Fsp3) is 0.400. The predicted octanol–water partition coefficient (Wildman–Crippen LogP) is 5.48. The van der Waals surface area contributed by atoms with Gasteiger partial charge in [0.15, 0.2) is 5.11 Å². The lowest BCUT2D eigenvalue weighted by Gasteiger charge is -2.21. The van der Waals surface area contributed by atoms with E-state index in [1.807, 2.05) is 0 Å². The second-order valence-corrected chi connectivity index (χ2v) is 9.18. The number of esters is 1. The normalized spacial score (nSPS) is 13.9. The monoisotopic (exact) mass is 474 g/mol. The molecule has 1 aliphatic heterocycles. The van der Waals surface area contributed by atoms with Crippen LogP contribution in [-0.2, 0) is 22.5 Å². The van der Waals surface area contributed by atoms with Crippen molar-refractivity contribution in [1.29, 1.82) is 0 Å². The number of ether oxygens (including phenoxy) is 3. The molecule has 0 spiro atoms. The van der Waals surface area contributed by atoms with Crippen molar-refractivity contribution in [2.24, 2.45) is 0 Å². The summed E-state index contributed by atoms with van der Waals surface area (Å²) >= 11 is 6.68. The molecule has 1 aromatic heterocycles. The van der Waals surface area contributed by atoms with Gasteiger partial charge in [0.25, 0.3) is 0 Å². The van der Waals surface area contributed by atoms with E-state index in [2.05, 4.69) is 15.4 Å². The summed E-state index contributed by atoms with van der Waals surface area (Å²) in [5.74, 6) is -0.791. The second kappa shape index (κ2) is 9.01. The summed E-state index contributed by atoms with van der Waals surface area (Å²) in [5.41, 5.74) is 1.10. The lowest BCUT2D eigenvalue weighted by molar-refractivity contribution is -0.274. The van der Waals surface area contributed by atoms with Gasteiger partial charge in [-0.25, -0.2) is 4.79 Å². The van der Waals surface area contributed by atoms with E-state index in [0.29, 0.717) is 35.9 Å². The number of hydrogen-bond donors (Lipinski definition) is 2. The number of fused-ring (bicyclic) bond motifs is 1. The van der Waals surface area contributed by atoms with Crippen molar-refractivity contribution in [3.05, 3.63) is 40.3 Å². The van der Waals surface area contributed by atoms with Crippen molar-refractivity contribution >= 4 is 45.3 Å². The molecule has 1 aliphatic rings. The molecule has 1 aromatic carbocycles. The molecule has 3 rings (SSSR count). The van der Waals surface area contributed by atoms with Gasteiger partial charge in [-0.15, -0.1) is 24.5 Å². The van der Waals surface area contributed by atoms with E-state index in [1.165, 1.54) is 35.6 Å². The van der Waals surface area contributed by atoms with Gasteiger partial charge in [-0.1, -0.05) is 0 Å². The van der Waals surface area contributed by atoms with Gasteiger partial charge in [0, 0.05) is 10.6 Å². The fourth-order valence-corrected chi connectivity index (χ4v) is 4.33. The van der Waals surface area contributed by atoms with Crippen molar-refractivity contribution in [1.82, 2.24) is 0 Å². The summed E-state index contributed by atoms with van der Waals surface area (Å²) < 4.78 is 51.7. The average Bonchev–Trinajstić information content (AvgIpc) is 2.98. The van der Waals surface area contributed by atoms with Crippen molar-refractivity contribution in [3.63, 3.8) is 0 Å². The maximum Gasteiger partial charge on any atom is 0.573 e. The molecule has 0 saturated heterocycles. The number of carbonyl (C=O) groups excluding carboxylic acids is 1. The van der Waals surface area contributed by atoms with Gasteiger partial charge in [0.1, 0.15) is 16.4 Å². The Morgan fingerprint density at radius 1 is 1.16 bits per heavy atom. The Hall–Kier alpha value is -2.37. The summed E-state index contributed by atoms with van der Waals surface area (Å²) in [6.07, 6.45) is -4.17. The van der Waals surface area contributed by atoms with Gasteiger partial charge in [0.05, 0.1) is 18.8 Å². The molecular formula is C20H21F3N2O4S2. The van der Waals surface area contributed by atoms with E-state index in [1.54, 1.807) is 20.8 Å². The van der Waals surface area contributed by atoms with E-state index in [0.717, 1.165) is 10.4 Å². The molecule has 0 radical (unpaired) electrons. The molecule has 2 heterocycles. The van der Waals surface area contributed by atoms with Crippen molar-refractivity contribution in [2.75, 3.05) is 17.2 Å². The maximum atomic E-state index is 12.8. The Morgan fingerprint density at radius 2 is 1.84 bits per heavy atom. The first kappa shape index (κ1) is 23.3. The van der Waals surface area contributed by atoms with Crippen LogP contribution in [0.4, 0.5) is 23.9 Å². The minimum Gasteiger partial charge on any atom is -0.456 e. The fourth-order valence-electron chi connectivity index (χ4n) is 2.87. The Morgan fingerprint density at radius 3 is 2.45 bits per heavy atom. The smallest absolute Gasteiger partial charge is 0.456 e. The van der Waals surface area contributed by atoms with Crippen LogP contribution in [0.2, 0.25) is 0 Å². The highest BCUT2D eigenvalue weighted by Gasteiger charge is 2.31. The van der Waals surface area contributed by atoms with Gasteiger partial charge in [-0.2, -0.15) is 0 Å². The van der Waals surface area contributed by atoms with Crippen molar-refractivity contribution < 1.29 is 32.2 Å². The van der Waals surface area contributed by atoms with Gasteiger partial charge in [-0.05, 0) is 69.2 Å². The van der Waals surface area contributed by atoms with Gasteiger partial charge in [-0.3, -0.25) is 0 Å². The molecule has 0 atom stereocenters. The number of benzene rings is 1. The lowest BCUT2D eigenvalue weighted by atomic mass is 10.1. The molecule has 0 unspecified atom stereocenters. The van der Waals surface area contributed by atoms with E-state index in [9.17, 15) is 18.0 Å². The summed E-state index contributed by atoms with van der Waals surface area (Å²) in [5, 5.41) is 6.59. The highest BCUT2D eigenvalue weighted by molar-refractivity contribution is 7.80. The third-order valence-corrected chi connectivity index (χ3v) is 5.32. The number of thiophene rings is 1. The average molecular weight is 475 g/mol. The molecule has 31 heavy (non-hydrogen) atoms. The number of rotatable bonds is 4. The lowest BCUT2D eigenvalue weighted by Crippen LogP contribution is -2.26. The third-order valence-electron chi connectivity index (χ3n) is 4.00. The number of alkyl halides is 3. The molecule has 2 N–H and O–H groups in total. The molecule has 2 aromatic rings. The van der Waals surface area contributed by atoms with Crippen LogP contribution in [0.15, 0.2) is 24.3 Å². The van der Waals surface area contributed by atoms with Crippen LogP contribution in [-0.4, -0.2) is 29.7 Å². The Labute approximate surface area is 186 Å². The van der Waals surface area contributed by atoms with Crippen molar-refractivity contribution in [2.45, 2.75) is 45.8 Å². The van der Waals surface area contributed by atoms with Crippen LogP contribution in [0.1, 0.15) is 41.6 Å². The summed E-state index contributed by atoms with van der Waals surface area (Å²) in [6.45, 7) is 6.28. The molecule has 0 bridgehead atoms. The number of carbonyl (C=O) groups is 1. The van der Waals surface area contributed by atoms with E-state index < -0.39 is 17.9 Å². The largest absolute Gasteiger partial charge is 0.573 e. The molecule has 0 amide bonds. The van der Waals surface area contributed by atoms with Crippen LogP contribution in [0, 0.1) is 0 Å². The zero-order valence-electron chi connectivity index (χ0n) is 17.0. The van der Waals surface area contributed by atoms with E-state index in [4.69, 9.17) is 21.7 Å². The zero-order valence-corrected chi connectivity index (χ0v) is 18.6. The first-order valence-corrected chi connectivity index (χ1v) is 10.5. The van der Waals surface area contributed by atoms with Crippen molar-refractivity contribution in [3.8, 4) is 5.75 Å². The molecular weight excluding hydrogens is 453 g/mol. The number of hydrogen-bond acceptors (Lipinski definition) is 6. The highest BCUT2D eigenvalue weighted by Crippen LogP contribution is 2.37. The number of halogens is 3. The Kier molecular flexibility index (Phi) is 6.77.